The molecule has 0 saturated carbocycles. The second-order valence-corrected chi connectivity index (χ2v) is 11.9. The molecule has 0 unspecified atom stereocenters. The molecule has 234 valence electrons. The monoisotopic (exact) mass is 640 g/mol. The van der Waals surface area contributed by atoms with Crippen LogP contribution in [-0.2, 0) is 0 Å². The van der Waals surface area contributed by atoms with Crippen LogP contribution in [-0.4, -0.2) is 22.8 Å². The molecule has 5 aliphatic rings. The first-order chi connectivity index (χ1) is 24.8. The Morgan fingerprint density at radius 1 is 0.360 bits per heavy atom. The van der Waals surface area contributed by atoms with Gasteiger partial charge in [-0.15, -0.1) is 0 Å². The molecule has 6 heteroatoms. The van der Waals surface area contributed by atoms with E-state index in [1.807, 2.05) is 36.4 Å². The lowest BCUT2D eigenvalue weighted by atomic mass is 9.86. The van der Waals surface area contributed by atoms with Gasteiger partial charge in [0.25, 0.3) is 0 Å². The highest BCUT2D eigenvalue weighted by Gasteiger charge is 2.32. The highest BCUT2D eigenvalue weighted by molar-refractivity contribution is 6.50. The van der Waals surface area contributed by atoms with E-state index in [0.717, 1.165) is 90.2 Å². The van der Waals surface area contributed by atoms with Gasteiger partial charge >= 0.3 is 0 Å². The van der Waals surface area contributed by atoms with E-state index < -0.39 is 0 Å². The van der Waals surface area contributed by atoms with Gasteiger partial charge in [-0.1, -0.05) is 121 Å². The van der Waals surface area contributed by atoms with Crippen molar-refractivity contribution in [1.82, 2.24) is 0 Å². The van der Waals surface area contributed by atoms with Crippen molar-refractivity contribution in [2.24, 2.45) is 20.0 Å². The van der Waals surface area contributed by atoms with Gasteiger partial charge in [0.15, 0.2) is 0 Å². The van der Waals surface area contributed by atoms with Gasteiger partial charge in [0, 0.05) is 33.1 Å². The standard InChI is InChI=1S/C44H28N4.N2/c1-5-13-29(14-6-1)38-27-37-26-35-22-21-33(45-35)25-34-23-24-36(46-34)28-39-40(30-15-7-2-8-16-30)41(31-17-9-3-10-18-31)44(48-39)42(43(38)47-37)32-19-11-4-12-20-32;1-2/h1-28H;. The second kappa shape index (κ2) is 13.2. The van der Waals surface area contributed by atoms with Gasteiger partial charge in [-0.2, -0.15) is 0 Å². The summed E-state index contributed by atoms with van der Waals surface area (Å²) in [7, 11) is 0. The number of aliphatic imine (C=N–C) groups is 4. The highest BCUT2D eigenvalue weighted by atomic mass is 14.9. The van der Waals surface area contributed by atoms with Crippen LogP contribution in [0.1, 0.15) is 22.3 Å². The van der Waals surface area contributed by atoms with Crippen molar-refractivity contribution >= 4 is 45.1 Å². The summed E-state index contributed by atoms with van der Waals surface area (Å²) in [4.78, 5) is 20.8. The zero-order valence-corrected chi connectivity index (χ0v) is 26.8. The van der Waals surface area contributed by atoms with Gasteiger partial charge in [-0.25, -0.2) is 20.0 Å². The van der Waals surface area contributed by atoms with Crippen LogP contribution in [0.3, 0.4) is 0 Å². The summed E-state index contributed by atoms with van der Waals surface area (Å²) in [6.07, 6.45) is 16.5. The molecule has 0 radical (unpaired) electrons. The van der Waals surface area contributed by atoms with Gasteiger partial charge in [-0.05, 0) is 70.9 Å². The van der Waals surface area contributed by atoms with Crippen LogP contribution >= 0.6 is 0 Å². The van der Waals surface area contributed by atoms with Gasteiger partial charge in [0.2, 0.25) is 0 Å². The summed E-state index contributed by atoms with van der Waals surface area (Å²) in [6.45, 7) is 0. The normalized spacial score (nSPS) is 17.2. The number of hydrogen-bond acceptors (Lipinski definition) is 6. The number of rotatable bonds is 4. The molecule has 0 spiro atoms. The molecule has 6 nitrogen and oxygen atoms in total. The van der Waals surface area contributed by atoms with Crippen molar-refractivity contribution in [3.8, 4) is 0 Å². The molecule has 0 saturated heterocycles. The molecule has 4 aromatic rings. The fourth-order valence-electron chi connectivity index (χ4n) is 6.63. The van der Waals surface area contributed by atoms with Crippen LogP contribution < -0.4 is 0 Å². The summed E-state index contributed by atoms with van der Waals surface area (Å²) in [5, 5.41) is 12.0. The van der Waals surface area contributed by atoms with Crippen LogP contribution in [0, 0.1) is 10.8 Å². The fraction of sp³-hybridized carbons (Fsp3) is 0. The summed E-state index contributed by atoms with van der Waals surface area (Å²) in [5.74, 6) is 0. The molecule has 5 heterocycles. The first kappa shape index (κ1) is 30.2. The van der Waals surface area contributed by atoms with Gasteiger partial charge in [-0.3, -0.25) is 0 Å². The Bertz CT molecular complexity index is 2430. The minimum atomic E-state index is 0.839. The highest BCUT2D eigenvalue weighted by Crippen LogP contribution is 2.46. The van der Waals surface area contributed by atoms with Gasteiger partial charge < -0.3 is 0 Å². The lowest BCUT2D eigenvalue weighted by Gasteiger charge is -2.17. The Labute approximate surface area is 290 Å². The summed E-state index contributed by atoms with van der Waals surface area (Å²) < 4.78 is 0. The minimum absolute atomic E-state index is 0.839. The van der Waals surface area contributed by atoms with Crippen LogP contribution in [0.25, 0.3) is 22.3 Å². The zero-order chi connectivity index (χ0) is 33.9. The summed E-state index contributed by atoms with van der Waals surface area (Å²) >= 11 is 0. The van der Waals surface area contributed by atoms with E-state index in [0.29, 0.717) is 0 Å². The van der Waals surface area contributed by atoms with E-state index in [1.54, 1.807) is 0 Å². The number of allylic oxidation sites excluding steroid dienone is 12. The molecule has 0 N–H and O–H groups in total. The Morgan fingerprint density at radius 3 is 1.38 bits per heavy atom. The largest absolute Gasteiger partial charge is 0.249 e. The third kappa shape index (κ3) is 5.70. The number of benzene rings is 4. The Kier molecular flexibility index (Phi) is 7.98. The van der Waals surface area contributed by atoms with Crippen molar-refractivity contribution in [2.75, 3.05) is 0 Å². The van der Waals surface area contributed by atoms with Crippen molar-refractivity contribution in [2.45, 2.75) is 0 Å². The average Bonchev–Trinajstić information content (AvgIpc) is 3.98. The molecule has 50 heavy (non-hydrogen) atoms. The average molecular weight is 641 g/mol. The molecule has 0 fully saturated rings. The first-order valence-corrected chi connectivity index (χ1v) is 16.3. The van der Waals surface area contributed by atoms with E-state index >= 15 is 0 Å². The molecule has 0 atom stereocenters. The topological polar surface area (TPSA) is 97.0 Å². The maximum Gasteiger partial charge on any atom is 0.0822 e. The minimum Gasteiger partial charge on any atom is -0.249 e. The van der Waals surface area contributed by atoms with Crippen LogP contribution in [0.5, 0.6) is 0 Å². The predicted molar refractivity (Wildman–Crippen MR) is 203 cm³/mol. The van der Waals surface area contributed by atoms with E-state index in [9.17, 15) is 0 Å². The lowest BCUT2D eigenvalue weighted by Crippen LogP contribution is -2.07. The Morgan fingerprint density at radius 2 is 0.820 bits per heavy atom. The molecule has 0 aromatic heterocycles. The molecule has 0 aliphatic carbocycles. The molecule has 9 rings (SSSR count). The van der Waals surface area contributed by atoms with Crippen molar-refractivity contribution < 1.29 is 0 Å². The van der Waals surface area contributed by atoms with Crippen molar-refractivity contribution in [3.05, 3.63) is 215 Å². The third-order valence-electron chi connectivity index (χ3n) is 8.75. The number of fused-ring (bicyclic) bond motifs is 4. The molecular weight excluding hydrogens is 613 g/mol. The fourth-order valence-corrected chi connectivity index (χ4v) is 6.63. The van der Waals surface area contributed by atoms with E-state index in [2.05, 4.69) is 133 Å². The van der Waals surface area contributed by atoms with Crippen molar-refractivity contribution in [1.29, 1.82) is 10.8 Å². The maximum absolute atomic E-state index is 6.00. The molecule has 4 aromatic carbocycles. The smallest absolute Gasteiger partial charge is 0.0822 e. The second-order valence-electron chi connectivity index (χ2n) is 11.9. The molecule has 8 bridgehead atoms. The van der Waals surface area contributed by atoms with Crippen LogP contribution in [0.2, 0.25) is 0 Å². The van der Waals surface area contributed by atoms with Crippen LogP contribution in [0.4, 0.5) is 0 Å². The van der Waals surface area contributed by atoms with E-state index in [-0.39, 0.29) is 0 Å². The Balaban J connectivity index is 0.00000177. The summed E-state index contributed by atoms with van der Waals surface area (Å²) in [6, 6.07) is 42.1. The molecule has 5 aliphatic heterocycles. The van der Waals surface area contributed by atoms with E-state index in [4.69, 9.17) is 30.8 Å². The first-order valence-electron chi connectivity index (χ1n) is 16.3. The van der Waals surface area contributed by atoms with Gasteiger partial charge in [0.05, 0.1) is 45.6 Å². The molecule has 0 amide bonds. The van der Waals surface area contributed by atoms with Crippen molar-refractivity contribution in [3.63, 3.8) is 0 Å². The quantitative estimate of drug-likeness (QED) is 0.208. The lowest BCUT2D eigenvalue weighted by molar-refractivity contribution is 1.15. The third-order valence-corrected chi connectivity index (χ3v) is 8.75. The SMILES string of the molecule is C1=CC2=NC1=CC1=NC(=C(c3ccccc3)C3=NC(=CC4=NC(=C2)C=C4)C=C3c2ccccc2)C(c2ccccc2)=C1c1ccccc1.N#N. The summed E-state index contributed by atoms with van der Waals surface area (Å²) in [5.41, 5.74) is 15.3. The predicted octanol–water partition coefficient (Wildman–Crippen LogP) is 9.72. The molecular formula is C44H28N6. The Hall–Kier alpha value is -7.10. The van der Waals surface area contributed by atoms with Gasteiger partial charge in [0.1, 0.15) is 0 Å². The number of hydrogen-bond donors (Lipinski definition) is 0. The maximum atomic E-state index is 6.00. The van der Waals surface area contributed by atoms with Crippen LogP contribution in [0.15, 0.2) is 213 Å². The number of nitrogens with zero attached hydrogens (tertiary/aromatic N) is 6. The van der Waals surface area contributed by atoms with E-state index in [1.165, 1.54) is 0 Å². The zero-order valence-electron chi connectivity index (χ0n) is 26.8.